The quantitative estimate of drug-likeness (QED) is 0.520. The van der Waals surface area contributed by atoms with E-state index in [2.05, 4.69) is 17.4 Å². The first-order chi connectivity index (χ1) is 12.1. The maximum atomic E-state index is 12.1. The van der Waals surface area contributed by atoms with E-state index in [1.807, 2.05) is 23.1 Å². The minimum Gasteiger partial charge on any atom is -0.481 e. The van der Waals surface area contributed by atoms with Gasteiger partial charge in [-0.15, -0.1) is 24.2 Å². The summed E-state index contributed by atoms with van der Waals surface area (Å²) in [6.07, 6.45) is 3.64. The molecule has 5 nitrogen and oxygen atoms in total. The number of hydrogen-bond acceptors (Lipinski definition) is 4. The summed E-state index contributed by atoms with van der Waals surface area (Å²) in [4.78, 5) is 27.1. The van der Waals surface area contributed by atoms with Gasteiger partial charge >= 0.3 is 5.97 Å². The van der Waals surface area contributed by atoms with Crippen LogP contribution in [0.25, 0.3) is 0 Å². The highest BCUT2D eigenvalue weighted by Gasteiger charge is 2.54. The Bertz CT molecular complexity index is 616. The number of nitrogens with zero attached hydrogens (tertiary/aromatic N) is 1. The molecule has 1 aromatic carbocycles. The van der Waals surface area contributed by atoms with Gasteiger partial charge in [-0.1, -0.05) is 24.6 Å². The standard InChI is InChI=1S/C19H26N2O3S.ClH/c22-17(20-10-5-11-25-16-7-2-1-3-8-16)13-21-12-15-6-4-9-19(15,14-21)18(23)24;/h1-3,7-8,15H,4-6,9-14H2,(H,20,22)(H,23,24);1H/t15-,19+;/m0./s1. The Balaban J connectivity index is 0.00000243. The van der Waals surface area contributed by atoms with Crippen molar-refractivity contribution in [3.05, 3.63) is 30.3 Å². The number of halogens is 1. The lowest BCUT2D eigenvalue weighted by Gasteiger charge is -2.23. The molecule has 3 rings (SSSR count). The summed E-state index contributed by atoms with van der Waals surface area (Å²) in [7, 11) is 0. The molecule has 2 atom stereocenters. The fourth-order valence-corrected chi connectivity index (χ4v) is 5.00. The van der Waals surface area contributed by atoms with Crippen LogP contribution in [0.15, 0.2) is 35.2 Å². The Morgan fingerprint density at radius 1 is 1.31 bits per heavy atom. The largest absolute Gasteiger partial charge is 0.481 e. The van der Waals surface area contributed by atoms with Gasteiger partial charge in [0.25, 0.3) is 0 Å². The van der Waals surface area contributed by atoms with Crippen LogP contribution in [0, 0.1) is 11.3 Å². The van der Waals surface area contributed by atoms with Gasteiger partial charge in [0, 0.05) is 24.5 Å². The smallest absolute Gasteiger partial charge is 0.311 e. The molecule has 7 heteroatoms. The van der Waals surface area contributed by atoms with Crippen LogP contribution in [-0.2, 0) is 9.59 Å². The van der Waals surface area contributed by atoms with E-state index in [4.69, 9.17) is 0 Å². The Morgan fingerprint density at radius 3 is 2.77 bits per heavy atom. The van der Waals surface area contributed by atoms with E-state index in [1.165, 1.54) is 4.90 Å². The summed E-state index contributed by atoms with van der Waals surface area (Å²) < 4.78 is 0. The molecule has 0 unspecified atom stereocenters. The molecule has 144 valence electrons. The normalized spacial score (nSPS) is 24.7. The van der Waals surface area contributed by atoms with Gasteiger partial charge in [0.1, 0.15) is 0 Å². The Kier molecular flexibility index (Phi) is 7.80. The molecule has 0 spiro atoms. The molecule has 0 radical (unpaired) electrons. The maximum Gasteiger partial charge on any atom is 0.311 e. The van der Waals surface area contributed by atoms with Crippen LogP contribution in [0.3, 0.4) is 0 Å². The van der Waals surface area contributed by atoms with Crippen molar-refractivity contribution in [1.29, 1.82) is 0 Å². The van der Waals surface area contributed by atoms with E-state index >= 15 is 0 Å². The van der Waals surface area contributed by atoms with Crippen LogP contribution in [0.4, 0.5) is 0 Å². The SMILES string of the molecule is Cl.O=C(CN1C[C@@H]2CCC[C@@]2(C(=O)O)C1)NCCCSc1ccccc1. The van der Waals surface area contributed by atoms with Gasteiger partial charge in [-0.25, -0.2) is 0 Å². The first kappa shape index (κ1) is 21.1. The molecule has 1 saturated carbocycles. The van der Waals surface area contributed by atoms with Crippen molar-refractivity contribution in [2.75, 3.05) is 31.9 Å². The van der Waals surface area contributed by atoms with Gasteiger partial charge in [0.15, 0.2) is 0 Å². The number of carboxylic acids is 1. The summed E-state index contributed by atoms with van der Waals surface area (Å²) in [5, 5.41) is 12.6. The summed E-state index contributed by atoms with van der Waals surface area (Å²) in [5.74, 6) is 0.499. The lowest BCUT2D eigenvalue weighted by molar-refractivity contribution is -0.149. The maximum absolute atomic E-state index is 12.1. The number of thioether (sulfide) groups is 1. The second-order valence-electron chi connectivity index (χ2n) is 7.09. The molecule has 1 saturated heterocycles. The molecule has 2 aliphatic rings. The summed E-state index contributed by atoms with van der Waals surface area (Å²) >= 11 is 1.79. The molecule has 1 heterocycles. The van der Waals surface area contributed by atoms with Crippen LogP contribution in [0.1, 0.15) is 25.7 Å². The number of fused-ring (bicyclic) bond motifs is 1. The molecule has 2 N–H and O–H groups in total. The van der Waals surface area contributed by atoms with E-state index in [1.54, 1.807) is 11.8 Å². The molecule has 1 aromatic rings. The molecule has 0 bridgehead atoms. The second-order valence-corrected chi connectivity index (χ2v) is 8.25. The number of benzene rings is 1. The lowest BCUT2D eigenvalue weighted by atomic mass is 9.81. The third-order valence-corrected chi connectivity index (χ3v) is 6.49. The van der Waals surface area contributed by atoms with Crippen molar-refractivity contribution in [1.82, 2.24) is 10.2 Å². The highest BCUT2D eigenvalue weighted by Crippen LogP contribution is 2.48. The molecule has 1 aliphatic carbocycles. The fourth-order valence-electron chi connectivity index (χ4n) is 4.13. The number of amides is 1. The summed E-state index contributed by atoms with van der Waals surface area (Å²) in [6, 6.07) is 10.2. The zero-order valence-corrected chi connectivity index (χ0v) is 16.5. The average Bonchev–Trinajstić information content (AvgIpc) is 3.13. The molecule has 0 aromatic heterocycles. The van der Waals surface area contributed by atoms with Crippen molar-refractivity contribution in [3.8, 4) is 0 Å². The lowest BCUT2D eigenvalue weighted by Crippen LogP contribution is -2.39. The first-order valence-electron chi connectivity index (χ1n) is 9.00. The number of rotatable bonds is 8. The van der Waals surface area contributed by atoms with E-state index in [0.717, 1.165) is 38.0 Å². The number of nitrogens with one attached hydrogen (secondary N) is 1. The average molecular weight is 399 g/mol. The summed E-state index contributed by atoms with van der Waals surface area (Å²) in [6.45, 7) is 2.24. The molecular formula is C19H27ClN2O3S. The second kappa shape index (κ2) is 9.62. The molecule has 1 aliphatic heterocycles. The van der Waals surface area contributed by atoms with Gasteiger partial charge in [-0.05, 0) is 43.1 Å². The highest BCUT2D eigenvalue weighted by atomic mass is 35.5. The van der Waals surface area contributed by atoms with Crippen molar-refractivity contribution in [2.24, 2.45) is 11.3 Å². The van der Waals surface area contributed by atoms with Crippen LogP contribution in [-0.4, -0.2) is 53.8 Å². The van der Waals surface area contributed by atoms with Gasteiger partial charge in [0.05, 0.1) is 12.0 Å². The number of carbonyl (C=O) groups excluding carboxylic acids is 1. The minimum absolute atomic E-state index is 0. The molecule has 2 fully saturated rings. The molecule has 1 amide bonds. The molecular weight excluding hydrogens is 372 g/mol. The predicted octanol–water partition coefficient (Wildman–Crippen LogP) is 2.89. The first-order valence-corrected chi connectivity index (χ1v) is 9.99. The Morgan fingerprint density at radius 2 is 2.08 bits per heavy atom. The minimum atomic E-state index is -0.684. The number of carboxylic acid groups (broad SMARTS) is 1. The Hall–Kier alpha value is -1.24. The van der Waals surface area contributed by atoms with Crippen LogP contribution >= 0.6 is 24.2 Å². The van der Waals surface area contributed by atoms with E-state index in [0.29, 0.717) is 19.6 Å². The third-order valence-electron chi connectivity index (χ3n) is 5.39. The van der Waals surface area contributed by atoms with Crippen LogP contribution in [0.5, 0.6) is 0 Å². The third kappa shape index (κ3) is 4.93. The van der Waals surface area contributed by atoms with Crippen LogP contribution < -0.4 is 5.32 Å². The fraction of sp³-hybridized carbons (Fsp3) is 0.579. The van der Waals surface area contributed by atoms with E-state index in [-0.39, 0.29) is 24.2 Å². The topological polar surface area (TPSA) is 69.6 Å². The zero-order valence-electron chi connectivity index (χ0n) is 14.9. The summed E-state index contributed by atoms with van der Waals surface area (Å²) in [5.41, 5.74) is -0.605. The van der Waals surface area contributed by atoms with Crippen molar-refractivity contribution < 1.29 is 14.7 Å². The Labute approximate surface area is 165 Å². The zero-order chi connectivity index (χ0) is 17.7. The number of hydrogen-bond donors (Lipinski definition) is 2. The highest BCUT2D eigenvalue weighted by molar-refractivity contribution is 7.99. The van der Waals surface area contributed by atoms with Gasteiger partial charge < -0.3 is 10.4 Å². The van der Waals surface area contributed by atoms with Gasteiger partial charge in [-0.3, -0.25) is 14.5 Å². The number of likely N-dealkylation sites (tertiary alicyclic amines) is 1. The van der Waals surface area contributed by atoms with Crippen molar-refractivity contribution >= 4 is 36.0 Å². The van der Waals surface area contributed by atoms with E-state index in [9.17, 15) is 14.7 Å². The van der Waals surface area contributed by atoms with Crippen LogP contribution in [0.2, 0.25) is 0 Å². The van der Waals surface area contributed by atoms with E-state index < -0.39 is 11.4 Å². The van der Waals surface area contributed by atoms with Crippen molar-refractivity contribution in [2.45, 2.75) is 30.6 Å². The number of aliphatic carboxylic acids is 1. The monoisotopic (exact) mass is 398 g/mol. The molecule has 26 heavy (non-hydrogen) atoms. The van der Waals surface area contributed by atoms with Gasteiger partial charge in [0.2, 0.25) is 5.91 Å². The van der Waals surface area contributed by atoms with Gasteiger partial charge in [-0.2, -0.15) is 0 Å². The predicted molar refractivity (Wildman–Crippen MR) is 106 cm³/mol. The number of carbonyl (C=O) groups is 2. The van der Waals surface area contributed by atoms with Crippen molar-refractivity contribution in [3.63, 3.8) is 0 Å².